The van der Waals surface area contributed by atoms with Crippen molar-refractivity contribution in [2.45, 2.75) is 36.1 Å². The molecule has 1 saturated carbocycles. The molecule has 3 rings (SSSR count). The van der Waals surface area contributed by atoms with Gasteiger partial charge in [0.05, 0.1) is 15.4 Å². The van der Waals surface area contributed by atoms with Crippen LogP contribution < -0.4 is 5.73 Å². The van der Waals surface area contributed by atoms with E-state index in [2.05, 4.69) is 0 Å². The van der Waals surface area contributed by atoms with Gasteiger partial charge in [0.1, 0.15) is 0 Å². The van der Waals surface area contributed by atoms with Crippen LogP contribution in [0.1, 0.15) is 25.7 Å². The Morgan fingerprint density at radius 3 is 2.50 bits per heavy atom. The second-order valence-electron chi connectivity index (χ2n) is 6.01. The average molecular weight is 325 g/mol. The molecule has 2 atom stereocenters. The maximum atomic E-state index is 12.9. The van der Waals surface area contributed by atoms with E-state index in [0.29, 0.717) is 19.0 Å². The lowest BCUT2D eigenvalue weighted by Gasteiger charge is -2.57. The van der Waals surface area contributed by atoms with Crippen molar-refractivity contribution >= 4 is 15.7 Å². The van der Waals surface area contributed by atoms with Crippen molar-refractivity contribution in [1.82, 2.24) is 4.31 Å². The summed E-state index contributed by atoms with van der Waals surface area (Å²) in [5.41, 5.74) is 5.34. The van der Waals surface area contributed by atoms with Crippen molar-refractivity contribution in [2.75, 3.05) is 13.1 Å². The second-order valence-corrected chi connectivity index (χ2v) is 7.88. The summed E-state index contributed by atoms with van der Waals surface area (Å²) in [5.74, 6) is 0.332. The second kappa shape index (κ2) is 5.29. The molecule has 1 aromatic carbocycles. The number of rotatable bonds is 4. The van der Waals surface area contributed by atoms with Crippen LogP contribution in [0, 0.1) is 16.0 Å². The van der Waals surface area contributed by atoms with Crippen LogP contribution in [0.3, 0.4) is 0 Å². The van der Waals surface area contributed by atoms with Gasteiger partial charge in [0, 0.05) is 25.2 Å². The topological polar surface area (TPSA) is 107 Å². The molecule has 2 unspecified atom stereocenters. The SMILES string of the molecule is NCC12CCC1CCCN2S(=O)(=O)c1ccc([N+](=O)[O-])cc1. The Labute approximate surface area is 129 Å². The van der Waals surface area contributed by atoms with Crippen molar-refractivity contribution in [2.24, 2.45) is 11.7 Å². The molecule has 2 N–H and O–H groups in total. The molecule has 2 fully saturated rings. The Morgan fingerprint density at radius 2 is 2.00 bits per heavy atom. The third-order valence-corrected chi connectivity index (χ3v) is 7.08. The first-order valence-corrected chi connectivity index (χ1v) is 8.83. The highest BCUT2D eigenvalue weighted by molar-refractivity contribution is 7.89. The predicted molar refractivity (Wildman–Crippen MR) is 80.7 cm³/mol. The first-order chi connectivity index (χ1) is 10.4. The van der Waals surface area contributed by atoms with E-state index in [1.807, 2.05) is 0 Å². The van der Waals surface area contributed by atoms with E-state index in [-0.39, 0.29) is 10.6 Å². The number of sulfonamides is 1. The number of nitro groups is 1. The largest absolute Gasteiger partial charge is 0.329 e. The lowest BCUT2D eigenvalue weighted by Crippen LogP contribution is -2.67. The van der Waals surface area contributed by atoms with Gasteiger partial charge in [-0.3, -0.25) is 10.1 Å². The van der Waals surface area contributed by atoms with E-state index in [9.17, 15) is 18.5 Å². The highest BCUT2D eigenvalue weighted by Gasteiger charge is 2.55. The van der Waals surface area contributed by atoms with E-state index >= 15 is 0 Å². The molecule has 1 heterocycles. The molecule has 1 aromatic rings. The highest BCUT2D eigenvalue weighted by atomic mass is 32.2. The number of piperidine rings is 1. The summed E-state index contributed by atoms with van der Waals surface area (Å²) >= 11 is 0. The molecule has 0 spiro atoms. The summed E-state index contributed by atoms with van der Waals surface area (Å²) in [4.78, 5) is 10.2. The summed E-state index contributed by atoms with van der Waals surface area (Å²) in [5, 5.41) is 10.7. The number of benzene rings is 1. The van der Waals surface area contributed by atoms with Gasteiger partial charge >= 0.3 is 0 Å². The van der Waals surface area contributed by atoms with Crippen molar-refractivity contribution in [1.29, 1.82) is 0 Å². The van der Waals surface area contributed by atoms with Crippen LogP contribution in [-0.2, 0) is 10.0 Å². The van der Waals surface area contributed by atoms with Gasteiger partial charge < -0.3 is 5.73 Å². The van der Waals surface area contributed by atoms with Gasteiger partial charge in [-0.1, -0.05) is 0 Å². The monoisotopic (exact) mass is 325 g/mol. The van der Waals surface area contributed by atoms with Crippen molar-refractivity contribution < 1.29 is 13.3 Å². The predicted octanol–water partition coefficient (Wildman–Crippen LogP) is 1.49. The van der Waals surface area contributed by atoms with Crippen molar-refractivity contribution in [3.63, 3.8) is 0 Å². The number of nitrogens with two attached hydrogens (primary N) is 1. The lowest BCUT2D eigenvalue weighted by molar-refractivity contribution is -0.384. The van der Waals surface area contributed by atoms with Crippen molar-refractivity contribution in [3.05, 3.63) is 34.4 Å². The molecular weight excluding hydrogens is 306 g/mol. The first-order valence-electron chi connectivity index (χ1n) is 7.39. The Bertz CT molecular complexity index is 685. The Kier molecular flexibility index (Phi) is 3.70. The van der Waals surface area contributed by atoms with E-state index in [0.717, 1.165) is 25.7 Å². The molecule has 1 aliphatic heterocycles. The third-order valence-electron chi connectivity index (χ3n) is 5.09. The van der Waals surface area contributed by atoms with Crippen LogP contribution in [0.2, 0.25) is 0 Å². The number of hydrogen-bond donors (Lipinski definition) is 1. The average Bonchev–Trinajstić information content (AvgIpc) is 2.48. The maximum Gasteiger partial charge on any atom is 0.269 e. The number of fused-ring (bicyclic) bond motifs is 1. The minimum absolute atomic E-state index is 0.0958. The summed E-state index contributed by atoms with van der Waals surface area (Å²) < 4.78 is 27.4. The van der Waals surface area contributed by atoms with Crippen LogP contribution in [-0.4, -0.2) is 36.3 Å². The maximum absolute atomic E-state index is 12.9. The molecule has 2 aliphatic rings. The van der Waals surface area contributed by atoms with Crippen LogP contribution in [0.15, 0.2) is 29.2 Å². The van der Waals surface area contributed by atoms with E-state index < -0.39 is 20.5 Å². The minimum atomic E-state index is -3.68. The fraction of sp³-hybridized carbons (Fsp3) is 0.571. The van der Waals surface area contributed by atoms with Gasteiger partial charge in [-0.15, -0.1) is 0 Å². The van der Waals surface area contributed by atoms with Crippen LogP contribution >= 0.6 is 0 Å². The quantitative estimate of drug-likeness (QED) is 0.666. The fourth-order valence-electron chi connectivity index (χ4n) is 3.72. The van der Waals surface area contributed by atoms with E-state index in [1.54, 1.807) is 4.31 Å². The first kappa shape index (κ1) is 15.4. The third kappa shape index (κ3) is 2.13. The lowest BCUT2D eigenvalue weighted by atomic mass is 9.63. The van der Waals surface area contributed by atoms with Crippen LogP contribution in [0.5, 0.6) is 0 Å². The van der Waals surface area contributed by atoms with Gasteiger partial charge in [0.15, 0.2) is 0 Å². The van der Waals surface area contributed by atoms with Crippen LogP contribution in [0.25, 0.3) is 0 Å². The molecule has 1 aliphatic carbocycles. The van der Waals surface area contributed by atoms with E-state index in [4.69, 9.17) is 5.73 Å². The Hall–Kier alpha value is -1.51. The summed E-state index contributed by atoms with van der Waals surface area (Å²) in [6.07, 6.45) is 3.66. The highest BCUT2D eigenvalue weighted by Crippen LogP contribution is 2.50. The molecule has 120 valence electrons. The van der Waals surface area contributed by atoms with Gasteiger partial charge in [0.2, 0.25) is 10.0 Å². The zero-order chi connectivity index (χ0) is 16.0. The van der Waals surface area contributed by atoms with Gasteiger partial charge in [-0.05, 0) is 43.7 Å². The molecule has 1 saturated heterocycles. The number of hydrogen-bond acceptors (Lipinski definition) is 5. The number of non-ortho nitro benzene ring substituents is 1. The number of nitrogens with zero attached hydrogens (tertiary/aromatic N) is 2. The summed E-state index contributed by atoms with van der Waals surface area (Å²) in [6, 6.07) is 5.06. The van der Waals surface area contributed by atoms with Crippen LogP contribution in [0.4, 0.5) is 5.69 Å². The smallest absolute Gasteiger partial charge is 0.269 e. The van der Waals surface area contributed by atoms with Crippen molar-refractivity contribution in [3.8, 4) is 0 Å². The minimum Gasteiger partial charge on any atom is -0.329 e. The van der Waals surface area contributed by atoms with Gasteiger partial charge in [0.25, 0.3) is 5.69 Å². The molecule has 0 bridgehead atoms. The molecular formula is C14H19N3O4S. The fourth-order valence-corrected chi connectivity index (χ4v) is 5.62. The Balaban J connectivity index is 1.96. The van der Waals surface area contributed by atoms with E-state index in [1.165, 1.54) is 24.3 Å². The standard InChI is InChI=1S/C14H19N3O4S/c15-10-14-8-7-11(14)2-1-9-16(14)22(20,21)13-5-3-12(4-6-13)17(18)19/h3-6,11H,1-2,7-10,15H2. The summed E-state index contributed by atoms with van der Waals surface area (Å²) in [7, 11) is -3.68. The molecule has 22 heavy (non-hydrogen) atoms. The zero-order valence-electron chi connectivity index (χ0n) is 12.1. The molecule has 0 amide bonds. The molecule has 0 radical (unpaired) electrons. The molecule has 0 aromatic heterocycles. The van der Waals surface area contributed by atoms with Gasteiger partial charge in [-0.25, -0.2) is 8.42 Å². The molecule has 8 heteroatoms. The number of nitro benzene ring substituents is 1. The molecule has 7 nitrogen and oxygen atoms in total. The Morgan fingerprint density at radius 1 is 1.32 bits per heavy atom. The zero-order valence-corrected chi connectivity index (χ0v) is 13.0. The summed E-state index contributed by atoms with van der Waals surface area (Å²) in [6.45, 7) is 0.789. The normalized spacial score (nSPS) is 28.7. The van der Waals surface area contributed by atoms with Gasteiger partial charge in [-0.2, -0.15) is 4.31 Å².